The zero-order chi connectivity index (χ0) is 16.1. The third-order valence-electron chi connectivity index (χ3n) is 3.65. The van der Waals surface area contributed by atoms with Gasteiger partial charge in [-0.25, -0.2) is 4.79 Å². The molecule has 118 valence electrons. The Balaban J connectivity index is 2.26. The van der Waals surface area contributed by atoms with Gasteiger partial charge in [-0.05, 0) is 18.4 Å². The average molecular weight is 306 g/mol. The molecule has 7 heteroatoms. The smallest absolute Gasteiger partial charge is 0.326 e. The third kappa shape index (κ3) is 3.43. The lowest BCUT2D eigenvalue weighted by Gasteiger charge is -2.27. The molecule has 1 heterocycles. The molecular weight excluding hydrogens is 288 g/mol. The van der Waals surface area contributed by atoms with Crippen molar-refractivity contribution in [3.8, 4) is 0 Å². The number of nitrogens with one attached hydrogen (secondary N) is 1. The van der Waals surface area contributed by atoms with Crippen LogP contribution in [0.4, 0.5) is 0 Å². The minimum absolute atomic E-state index is 0.341. The van der Waals surface area contributed by atoms with E-state index in [1.54, 1.807) is 30.3 Å². The lowest BCUT2D eigenvalue weighted by molar-refractivity contribution is -0.149. The molecule has 0 radical (unpaired) electrons. The molecule has 22 heavy (non-hydrogen) atoms. The van der Waals surface area contributed by atoms with Crippen LogP contribution in [0.3, 0.4) is 0 Å². The summed E-state index contributed by atoms with van der Waals surface area (Å²) in [6, 6.07) is 6.69. The van der Waals surface area contributed by atoms with Crippen molar-refractivity contribution in [2.24, 2.45) is 0 Å². The van der Waals surface area contributed by atoms with E-state index < -0.39 is 36.5 Å². The van der Waals surface area contributed by atoms with Gasteiger partial charge in [-0.1, -0.05) is 30.3 Å². The quantitative estimate of drug-likeness (QED) is 0.705. The van der Waals surface area contributed by atoms with E-state index in [1.165, 1.54) is 4.90 Å². The summed E-state index contributed by atoms with van der Waals surface area (Å²) in [6.45, 7) is -0.396. The number of nitrogens with zero attached hydrogens (tertiary/aromatic N) is 1. The average Bonchev–Trinajstić information content (AvgIpc) is 3.02. The first-order valence-corrected chi connectivity index (χ1v) is 7.03. The molecule has 0 aromatic heterocycles. The summed E-state index contributed by atoms with van der Waals surface area (Å²) < 4.78 is 0. The highest BCUT2D eigenvalue weighted by molar-refractivity contribution is 5.91. The van der Waals surface area contributed by atoms with Gasteiger partial charge in [-0.2, -0.15) is 0 Å². The van der Waals surface area contributed by atoms with Crippen molar-refractivity contribution in [2.75, 3.05) is 13.2 Å². The molecule has 1 fully saturated rings. The summed E-state index contributed by atoms with van der Waals surface area (Å²) in [4.78, 5) is 36.7. The number of carbonyl (C=O) groups excluding carboxylic acids is 2. The summed E-state index contributed by atoms with van der Waals surface area (Å²) in [6.07, 6.45) is 1.01. The third-order valence-corrected chi connectivity index (χ3v) is 3.65. The largest absolute Gasteiger partial charge is 0.480 e. The first-order chi connectivity index (χ1) is 10.5. The fourth-order valence-corrected chi connectivity index (χ4v) is 2.59. The van der Waals surface area contributed by atoms with Crippen LogP contribution >= 0.6 is 0 Å². The van der Waals surface area contributed by atoms with Crippen molar-refractivity contribution in [1.82, 2.24) is 10.2 Å². The monoisotopic (exact) mass is 306 g/mol. The Morgan fingerprint density at radius 1 is 1.27 bits per heavy atom. The number of hydrogen-bond acceptors (Lipinski definition) is 4. The van der Waals surface area contributed by atoms with E-state index in [9.17, 15) is 19.5 Å². The van der Waals surface area contributed by atoms with Crippen molar-refractivity contribution in [3.05, 3.63) is 35.9 Å². The normalized spacial score (nSPS) is 18.8. The molecule has 7 nitrogen and oxygen atoms in total. The van der Waals surface area contributed by atoms with Gasteiger partial charge in [0, 0.05) is 6.54 Å². The summed E-state index contributed by atoms with van der Waals surface area (Å²) in [5.74, 6) is -2.21. The zero-order valence-corrected chi connectivity index (χ0v) is 11.9. The highest BCUT2D eigenvalue weighted by Gasteiger charge is 2.38. The fourth-order valence-electron chi connectivity index (χ4n) is 2.59. The Kier molecular flexibility index (Phi) is 5.11. The molecule has 2 amide bonds. The maximum atomic E-state index is 12.7. The van der Waals surface area contributed by atoms with Gasteiger partial charge in [-0.3, -0.25) is 9.59 Å². The second-order valence-electron chi connectivity index (χ2n) is 5.10. The van der Waals surface area contributed by atoms with Gasteiger partial charge < -0.3 is 20.4 Å². The van der Waals surface area contributed by atoms with Crippen LogP contribution in [0, 0.1) is 0 Å². The highest BCUT2D eigenvalue weighted by Crippen LogP contribution is 2.23. The fraction of sp³-hybridized carbons (Fsp3) is 0.400. The van der Waals surface area contributed by atoms with Gasteiger partial charge in [0.15, 0.2) is 0 Å². The van der Waals surface area contributed by atoms with Gasteiger partial charge in [0.25, 0.3) is 5.91 Å². The van der Waals surface area contributed by atoms with Crippen molar-refractivity contribution >= 4 is 17.8 Å². The van der Waals surface area contributed by atoms with E-state index in [1.807, 2.05) is 0 Å². The molecule has 2 atom stereocenters. The Labute approximate surface area is 127 Å². The topological polar surface area (TPSA) is 107 Å². The Hall–Kier alpha value is -2.41. The molecule has 0 aliphatic carbocycles. The van der Waals surface area contributed by atoms with Crippen LogP contribution in [-0.2, 0) is 14.4 Å². The van der Waals surface area contributed by atoms with Crippen LogP contribution in [0.2, 0.25) is 0 Å². The number of hydrogen-bond donors (Lipinski definition) is 3. The van der Waals surface area contributed by atoms with E-state index in [0.717, 1.165) is 0 Å². The van der Waals surface area contributed by atoms with E-state index in [2.05, 4.69) is 5.32 Å². The van der Waals surface area contributed by atoms with Crippen LogP contribution in [0.15, 0.2) is 30.3 Å². The Morgan fingerprint density at radius 3 is 2.55 bits per heavy atom. The summed E-state index contributed by atoms with van der Waals surface area (Å²) in [5.41, 5.74) is 0.547. The number of benzene rings is 1. The van der Waals surface area contributed by atoms with Gasteiger partial charge in [0.05, 0.1) is 0 Å². The number of carboxylic acids is 1. The van der Waals surface area contributed by atoms with Crippen molar-refractivity contribution in [3.63, 3.8) is 0 Å². The van der Waals surface area contributed by atoms with E-state index in [0.29, 0.717) is 24.9 Å². The highest BCUT2D eigenvalue weighted by atomic mass is 16.4. The van der Waals surface area contributed by atoms with E-state index >= 15 is 0 Å². The molecule has 0 saturated carbocycles. The standard InChI is InChI=1S/C15H18N2O5/c18-9-12(19)16-13(10-5-2-1-3-6-10)14(20)17-8-4-7-11(17)15(21)22/h1-3,5-6,11,13,18H,4,7-9H2,(H,16,19)(H,21,22). The van der Waals surface area contributed by atoms with Gasteiger partial charge in [0.1, 0.15) is 18.7 Å². The van der Waals surface area contributed by atoms with E-state index in [4.69, 9.17) is 5.11 Å². The second-order valence-corrected chi connectivity index (χ2v) is 5.10. The number of aliphatic hydroxyl groups excluding tert-OH is 1. The van der Waals surface area contributed by atoms with Crippen LogP contribution in [0.5, 0.6) is 0 Å². The van der Waals surface area contributed by atoms with Crippen molar-refractivity contribution in [2.45, 2.75) is 24.9 Å². The van der Waals surface area contributed by atoms with Gasteiger partial charge >= 0.3 is 5.97 Å². The van der Waals surface area contributed by atoms with E-state index in [-0.39, 0.29) is 0 Å². The molecule has 1 aliphatic heterocycles. The molecule has 1 saturated heterocycles. The Morgan fingerprint density at radius 2 is 1.95 bits per heavy atom. The van der Waals surface area contributed by atoms with Crippen LogP contribution in [0.1, 0.15) is 24.4 Å². The number of aliphatic hydroxyl groups is 1. The number of carboxylic acid groups (broad SMARTS) is 1. The first kappa shape index (κ1) is 16.0. The number of carbonyl (C=O) groups is 3. The summed E-state index contributed by atoms with van der Waals surface area (Å²) in [7, 11) is 0. The number of aliphatic carboxylic acids is 1. The maximum absolute atomic E-state index is 12.7. The van der Waals surface area contributed by atoms with Crippen molar-refractivity contribution < 1.29 is 24.6 Å². The molecule has 1 aromatic carbocycles. The van der Waals surface area contributed by atoms with Crippen LogP contribution in [-0.4, -0.2) is 52.1 Å². The predicted octanol–water partition coefficient (Wildman–Crippen LogP) is -0.0882. The van der Waals surface area contributed by atoms with Crippen molar-refractivity contribution in [1.29, 1.82) is 0 Å². The molecular formula is C15H18N2O5. The molecule has 1 aromatic rings. The minimum Gasteiger partial charge on any atom is -0.480 e. The molecule has 0 spiro atoms. The number of likely N-dealkylation sites (tertiary alicyclic amines) is 1. The molecule has 1 aliphatic rings. The predicted molar refractivity (Wildman–Crippen MR) is 76.8 cm³/mol. The molecule has 2 unspecified atom stereocenters. The second kappa shape index (κ2) is 7.04. The van der Waals surface area contributed by atoms with Gasteiger partial charge in [-0.15, -0.1) is 0 Å². The molecule has 2 rings (SSSR count). The summed E-state index contributed by atoms with van der Waals surface area (Å²) in [5, 5.41) is 20.5. The minimum atomic E-state index is -1.05. The SMILES string of the molecule is O=C(CO)NC(C(=O)N1CCCC1C(=O)O)c1ccccc1. The lowest BCUT2D eigenvalue weighted by Crippen LogP contribution is -2.47. The maximum Gasteiger partial charge on any atom is 0.326 e. The molecule has 0 bridgehead atoms. The number of rotatable bonds is 5. The summed E-state index contributed by atoms with van der Waals surface area (Å²) >= 11 is 0. The van der Waals surface area contributed by atoms with Gasteiger partial charge in [0.2, 0.25) is 5.91 Å². The van der Waals surface area contributed by atoms with Crippen LogP contribution < -0.4 is 5.32 Å². The zero-order valence-electron chi connectivity index (χ0n) is 11.9. The lowest BCUT2D eigenvalue weighted by atomic mass is 10.0. The first-order valence-electron chi connectivity index (χ1n) is 7.03. The van der Waals surface area contributed by atoms with Crippen LogP contribution in [0.25, 0.3) is 0 Å². The number of amides is 2. The Bertz CT molecular complexity index is 560. The molecule has 3 N–H and O–H groups in total.